The van der Waals surface area contributed by atoms with E-state index in [4.69, 9.17) is 4.74 Å². The van der Waals surface area contributed by atoms with Crippen molar-refractivity contribution in [3.63, 3.8) is 0 Å². The Balaban J connectivity index is 1.42. The number of halogens is 1. The Labute approximate surface area is 161 Å². The molecule has 1 N–H and O–H groups in total. The average Bonchev–Trinajstić information content (AvgIpc) is 2.68. The van der Waals surface area contributed by atoms with E-state index in [-0.39, 0.29) is 24.5 Å². The summed E-state index contributed by atoms with van der Waals surface area (Å²) in [6, 6.07) is 16.7. The van der Waals surface area contributed by atoms with Crippen molar-refractivity contribution in [3.8, 4) is 5.75 Å². The zero-order chi connectivity index (χ0) is 18.4. The molecule has 0 radical (unpaired) electrons. The molecule has 0 unspecified atom stereocenters. The fraction of sp³-hybridized carbons (Fsp3) is 0.300. The number of ether oxygens (including phenoxy) is 1. The van der Waals surface area contributed by atoms with E-state index in [9.17, 15) is 9.59 Å². The highest BCUT2D eigenvalue weighted by molar-refractivity contribution is 9.10. The van der Waals surface area contributed by atoms with Crippen LogP contribution in [0.5, 0.6) is 5.75 Å². The van der Waals surface area contributed by atoms with Crippen LogP contribution in [0, 0.1) is 0 Å². The summed E-state index contributed by atoms with van der Waals surface area (Å²) in [5, 5.41) is 2.99. The summed E-state index contributed by atoms with van der Waals surface area (Å²) in [4.78, 5) is 26.4. The highest BCUT2D eigenvalue weighted by atomic mass is 79.9. The smallest absolute Gasteiger partial charge is 0.258 e. The van der Waals surface area contributed by atoms with Gasteiger partial charge in [-0.1, -0.05) is 34.1 Å². The second kappa shape index (κ2) is 8.85. The number of nitrogens with one attached hydrogen (secondary N) is 1. The Morgan fingerprint density at radius 3 is 2.35 bits per heavy atom. The van der Waals surface area contributed by atoms with E-state index < -0.39 is 0 Å². The van der Waals surface area contributed by atoms with Gasteiger partial charge in [-0.15, -0.1) is 0 Å². The molecule has 1 saturated heterocycles. The molecule has 0 aliphatic carbocycles. The first-order valence-electron chi connectivity index (χ1n) is 8.64. The van der Waals surface area contributed by atoms with Gasteiger partial charge in [0.05, 0.1) is 0 Å². The number of amides is 2. The van der Waals surface area contributed by atoms with Crippen LogP contribution in [0.15, 0.2) is 59.1 Å². The van der Waals surface area contributed by atoms with Crippen molar-refractivity contribution in [2.75, 3.05) is 19.7 Å². The van der Waals surface area contributed by atoms with E-state index in [1.807, 2.05) is 59.5 Å². The molecule has 0 saturated carbocycles. The van der Waals surface area contributed by atoms with Crippen molar-refractivity contribution in [1.82, 2.24) is 10.2 Å². The van der Waals surface area contributed by atoms with Gasteiger partial charge in [0.2, 0.25) is 0 Å². The molecule has 0 spiro atoms. The number of piperidine rings is 1. The molecule has 0 bridgehead atoms. The maximum atomic E-state index is 12.5. The van der Waals surface area contributed by atoms with Crippen LogP contribution >= 0.6 is 15.9 Å². The predicted octanol–water partition coefficient (Wildman–Crippen LogP) is 3.25. The fourth-order valence-electron chi connectivity index (χ4n) is 2.94. The number of rotatable bonds is 5. The summed E-state index contributed by atoms with van der Waals surface area (Å²) < 4.78 is 6.41. The number of nitrogens with zero attached hydrogens (tertiary/aromatic N) is 1. The van der Waals surface area contributed by atoms with Gasteiger partial charge in [-0.05, 0) is 49.2 Å². The van der Waals surface area contributed by atoms with E-state index in [2.05, 4.69) is 21.2 Å². The van der Waals surface area contributed by atoms with Gasteiger partial charge in [0.15, 0.2) is 6.61 Å². The van der Waals surface area contributed by atoms with E-state index in [1.54, 1.807) is 0 Å². The number of para-hydroxylation sites is 1. The lowest BCUT2D eigenvalue weighted by Crippen LogP contribution is -2.47. The third-order valence-corrected chi connectivity index (χ3v) is 4.88. The van der Waals surface area contributed by atoms with Crippen molar-refractivity contribution in [1.29, 1.82) is 0 Å². The van der Waals surface area contributed by atoms with Crippen molar-refractivity contribution in [2.24, 2.45) is 0 Å². The van der Waals surface area contributed by atoms with Crippen LogP contribution in [-0.4, -0.2) is 42.5 Å². The third-order valence-electron chi connectivity index (χ3n) is 4.35. The molecule has 3 rings (SSSR count). The van der Waals surface area contributed by atoms with Gasteiger partial charge in [-0.2, -0.15) is 0 Å². The van der Waals surface area contributed by atoms with E-state index in [0.717, 1.165) is 17.3 Å². The first-order valence-corrected chi connectivity index (χ1v) is 9.43. The van der Waals surface area contributed by atoms with E-state index in [1.165, 1.54) is 0 Å². The minimum Gasteiger partial charge on any atom is -0.484 e. The molecule has 5 nitrogen and oxygen atoms in total. The lowest BCUT2D eigenvalue weighted by Gasteiger charge is -2.32. The Morgan fingerprint density at radius 1 is 1.04 bits per heavy atom. The maximum absolute atomic E-state index is 12.5. The molecule has 6 heteroatoms. The number of carbonyl (C=O) groups is 2. The van der Waals surface area contributed by atoms with Crippen molar-refractivity contribution >= 4 is 27.7 Å². The monoisotopic (exact) mass is 416 g/mol. The molecule has 2 amide bonds. The largest absolute Gasteiger partial charge is 0.484 e. The van der Waals surface area contributed by atoms with Crippen LogP contribution in [0.1, 0.15) is 23.2 Å². The third kappa shape index (κ3) is 5.08. The standard InChI is InChI=1S/C20H21BrN2O3/c21-16-8-6-15(7-9-16)20(25)23-12-10-17(11-13-23)22-19(24)14-26-18-4-2-1-3-5-18/h1-9,17H,10-14H2,(H,22,24). The van der Waals surface area contributed by atoms with E-state index >= 15 is 0 Å². The SMILES string of the molecule is O=C(COc1ccccc1)NC1CCN(C(=O)c2ccc(Br)cc2)CC1. The molecular formula is C20H21BrN2O3. The average molecular weight is 417 g/mol. The number of likely N-dealkylation sites (tertiary alicyclic amines) is 1. The molecule has 2 aromatic carbocycles. The zero-order valence-corrected chi connectivity index (χ0v) is 15.9. The van der Waals surface area contributed by atoms with Crippen LogP contribution in [0.25, 0.3) is 0 Å². The van der Waals surface area contributed by atoms with Gasteiger partial charge in [-0.3, -0.25) is 9.59 Å². The van der Waals surface area contributed by atoms with Gasteiger partial charge < -0.3 is 15.0 Å². The second-order valence-electron chi connectivity index (χ2n) is 6.24. The molecular weight excluding hydrogens is 396 g/mol. The molecule has 1 heterocycles. The fourth-order valence-corrected chi connectivity index (χ4v) is 3.20. The van der Waals surface area contributed by atoms with Crippen molar-refractivity contribution in [3.05, 3.63) is 64.6 Å². The molecule has 136 valence electrons. The van der Waals surface area contributed by atoms with Crippen LogP contribution in [-0.2, 0) is 4.79 Å². The summed E-state index contributed by atoms with van der Waals surface area (Å²) in [5.41, 5.74) is 0.687. The van der Waals surface area contributed by atoms with Crippen LogP contribution in [0.4, 0.5) is 0 Å². The minimum absolute atomic E-state index is 0.00203. The van der Waals surface area contributed by atoms with Crippen LogP contribution in [0.2, 0.25) is 0 Å². The van der Waals surface area contributed by atoms with Gasteiger partial charge in [0.25, 0.3) is 11.8 Å². The molecule has 1 aliphatic heterocycles. The van der Waals surface area contributed by atoms with Gasteiger partial charge in [0.1, 0.15) is 5.75 Å². The molecule has 0 aromatic heterocycles. The Bertz CT molecular complexity index is 741. The second-order valence-corrected chi connectivity index (χ2v) is 7.16. The quantitative estimate of drug-likeness (QED) is 0.813. The number of hydrogen-bond acceptors (Lipinski definition) is 3. The number of hydrogen-bond donors (Lipinski definition) is 1. The van der Waals surface area contributed by atoms with E-state index in [0.29, 0.717) is 24.4 Å². The summed E-state index contributed by atoms with van der Waals surface area (Å²) in [6.45, 7) is 1.28. The first-order chi connectivity index (χ1) is 12.6. The molecule has 1 fully saturated rings. The van der Waals surface area contributed by atoms with Crippen LogP contribution < -0.4 is 10.1 Å². The first kappa shape index (κ1) is 18.5. The van der Waals surface area contributed by atoms with Crippen molar-refractivity contribution < 1.29 is 14.3 Å². The Hall–Kier alpha value is -2.34. The highest BCUT2D eigenvalue weighted by Gasteiger charge is 2.24. The van der Waals surface area contributed by atoms with Crippen molar-refractivity contribution in [2.45, 2.75) is 18.9 Å². The van der Waals surface area contributed by atoms with Crippen LogP contribution in [0.3, 0.4) is 0 Å². The lowest BCUT2D eigenvalue weighted by atomic mass is 10.0. The molecule has 0 atom stereocenters. The van der Waals surface area contributed by atoms with Gasteiger partial charge in [0, 0.05) is 29.2 Å². The molecule has 26 heavy (non-hydrogen) atoms. The Morgan fingerprint density at radius 2 is 1.69 bits per heavy atom. The maximum Gasteiger partial charge on any atom is 0.258 e. The summed E-state index contributed by atoms with van der Waals surface area (Å²) in [6.07, 6.45) is 1.50. The summed E-state index contributed by atoms with van der Waals surface area (Å²) in [7, 11) is 0. The van der Waals surface area contributed by atoms with Gasteiger partial charge >= 0.3 is 0 Å². The summed E-state index contributed by atoms with van der Waals surface area (Å²) in [5.74, 6) is 0.582. The molecule has 1 aliphatic rings. The highest BCUT2D eigenvalue weighted by Crippen LogP contribution is 2.16. The number of carbonyl (C=O) groups excluding carboxylic acids is 2. The lowest BCUT2D eigenvalue weighted by molar-refractivity contribution is -0.124. The summed E-state index contributed by atoms with van der Waals surface area (Å²) >= 11 is 3.37. The Kier molecular flexibility index (Phi) is 6.28. The topological polar surface area (TPSA) is 58.6 Å². The zero-order valence-electron chi connectivity index (χ0n) is 14.4. The predicted molar refractivity (Wildman–Crippen MR) is 103 cm³/mol. The normalized spacial score (nSPS) is 14.7. The minimum atomic E-state index is -0.133. The molecule has 2 aromatic rings. The number of benzene rings is 2. The van der Waals surface area contributed by atoms with Gasteiger partial charge in [-0.25, -0.2) is 0 Å².